The Balaban J connectivity index is 1.59. The van der Waals surface area contributed by atoms with E-state index in [0.29, 0.717) is 59.7 Å². The molecule has 1 N–H and O–H groups in total. The molecule has 3 aromatic rings. The first-order valence-corrected chi connectivity index (χ1v) is 18.1. The van der Waals surface area contributed by atoms with Crippen LogP contribution in [0, 0.1) is 0 Å². The molecular weight excluding hydrogens is 689 g/mol. The van der Waals surface area contributed by atoms with Gasteiger partial charge in [-0.3, -0.25) is 14.9 Å². The van der Waals surface area contributed by atoms with E-state index in [2.05, 4.69) is 26.1 Å². The second-order valence-corrected chi connectivity index (χ2v) is 16.3. The molecule has 0 saturated carbocycles. The first kappa shape index (κ1) is 38.4. The second kappa shape index (κ2) is 14.6. The quantitative estimate of drug-likeness (QED) is 0.241. The van der Waals surface area contributed by atoms with Crippen LogP contribution in [0.4, 0.5) is 9.59 Å². The Labute approximate surface area is 311 Å². The summed E-state index contributed by atoms with van der Waals surface area (Å²) in [7, 11) is 0. The lowest BCUT2D eigenvalue weighted by atomic mass is 9.71. The number of aliphatic imine (C=N–C) groups is 1. The number of benzene rings is 2. The van der Waals surface area contributed by atoms with E-state index in [1.54, 1.807) is 36.9 Å². The fourth-order valence-corrected chi connectivity index (χ4v) is 6.83. The van der Waals surface area contributed by atoms with Gasteiger partial charge in [0.25, 0.3) is 0 Å². The number of nitrogens with one attached hydrogen (secondary N) is 1. The molecule has 2 aromatic carbocycles. The van der Waals surface area contributed by atoms with Crippen molar-refractivity contribution in [3.63, 3.8) is 0 Å². The number of rotatable bonds is 7. The molecule has 3 heterocycles. The molecular formula is C39H49Cl2N5O5. The number of halogens is 2. The fraction of sp³-hybridized carbons (Fsp3) is 0.487. The zero-order valence-corrected chi connectivity index (χ0v) is 32.5. The lowest BCUT2D eigenvalue weighted by molar-refractivity contribution is -0.152. The summed E-state index contributed by atoms with van der Waals surface area (Å²) in [6.45, 7) is 18.9. The Morgan fingerprint density at radius 3 is 2.02 bits per heavy atom. The molecule has 274 valence electrons. The van der Waals surface area contributed by atoms with Crippen LogP contribution in [0.5, 0.6) is 5.75 Å². The molecule has 1 aromatic heterocycles. The summed E-state index contributed by atoms with van der Waals surface area (Å²) in [4.78, 5) is 44.7. The van der Waals surface area contributed by atoms with E-state index >= 15 is 0 Å². The molecule has 2 atom stereocenters. The molecule has 10 nitrogen and oxygen atoms in total. The predicted molar refractivity (Wildman–Crippen MR) is 201 cm³/mol. The van der Waals surface area contributed by atoms with Crippen LogP contribution in [0.15, 0.2) is 65.8 Å². The number of nitrogens with zero attached hydrogens (tertiary/aromatic N) is 4. The van der Waals surface area contributed by atoms with Gasteiger partial charge in [0, 0.05) is 52.5 Å². The number of amides is 2. The predicted octanol–water partition coefficient (Wildman–Crippen LogP) is 9.02. The normalized spacial score (nSPS) is 21.6. The summed E-state index contributed by atoms with van der Waals surface area (Å²) in [5.41, 5.74) is 0.158. The Morgan fingerprint density at radius 1 is 0.922 bits per heavy atom. The van der Waals surface area contributed by atoms with Crippen molar-refractivity contribution in [2.24, 2.45) is 4.99 Å². The van der Waals surface area contributed by atoms with Crippen molar-refractivity contribution < 1.29 is 23.9 Å². The largest absolute Gasteiger partial charge is 0.528 e. The number of hydrogen-bond donors (Lipinski definition) is 1. The summed E-state index contributed by atoms with van der Waals surface area (Å²) in [6.07, 6.45) is 2.10. The number of amidine groups is 1. The zero-order valence-electron chi connectivity index (χ0n) is 31.0. The first-order valence-electron chi connectivity index (χ1n) is 17.4. The van der Waals surface area contributed by atoms with Crippen LogP contribution in [0.1, 0.15) is 97.5 Å². The summed E-state index contributed by atoms with van der Waals surface area (Å²) < 4.78 is 11.6. The van der Waals surface area contributed by atoms with Gasteiger partial charge in [0.1, 0.15) is 28.3 Å². The minimum absolute atomic E-state index is 0.207. The van der Waals surface area contributed by atoms with E-state index in [1.165, 1.54) is 0 Å². The number of aromatic nitrogens is 1. The SMILES string of the molecule is CCOc1cc(C(C)(C)C)ncc1C1=N[C@@](C)(c2ccc(Cl)cc2)[C@@](C)(c2ccc(Cl)cc2)N1C(=O)NC1CCN(OC(=O)OC(C)(C)C)CC1. The summed E-state index contributed by atoms with van der Waals surface area (Å²) in [6, 6.07) is 16.5. The molecule has 0 unspecified atom stereocenters. The summed E-state index contributed by atoms with van der Waals surface area (Å²) in [5.74, 6) is 1.00. The minimum Gasteiger partial charge on any atom is -0.493 e. The second-order valence-electron chi connectivity index (χ2n) is 15.4. The molecule has 0 radical (unpaired) electrons. The van der Waals surface area contributed by atoms with Gasteiger partial charge in [0.15, 0.2) is 0 Å². The Morgan fingerprint density at radius 2 is 1.49 bits per heavy atom. The molecule has 5 rings (SSSR count). The molecule has 2 aliphatic rings. The molecule has 12 heteroatoms. The number of hydroxylamine groups is 2. The third-order valence-electron chi connectivity index (χ3n) is 9.50. The number of hydrogen-bond acceptors (Lipinski definition) is 8. The molecule has 51 heavy (non-hydrogen) atoms. The van der Waals surface area contributed by atoms with Crippen LogP contribution in [0.3, 0.4) is 0 Å². The van der Waals surface area contributed by atoms with Crippen LogP contribution >= 0.6 is 23.2 Å². The van der Waals surface area contributed by atoms with E-state index in [9.17, 15) is 9.59 Å². The maximum absolute atomic E-state index is 14.9. The topological polar surface area (TPSA) is 106 Å². The lowest BCUT2D eigenvalue weighted by Gasteiger charge is -2.45. The van der Waals surface area contributed by atoms with Gasteiger partial charge in [-0.15, -0.1) is 5.06 Å². The number of carbonyl (C=O) groups is 2. The summed E-state index contributed by atoms with van der Waals surface area (Å²) in [5, 5.41) is 6.04. The fourth-order valence-electron chi connectivity index (χ4n) is 6.58. The number of pyridine rings is 1. The smallest absolute Gasteiger partial charge is 0.493 e. The third-order valence-corrected chi connectivity index (χ3v) is 10.0. The van der Waals surface area contributed by atoms with Crippen LogP contribution in [-0.4, -0.2) is 64.3 Å². The van der Waals surface area contributed by atoms with E-state index in [0.717, 1.165) is 16.8 Å². The van der Waals surface area contributed by atoms with Crippen molar-refractivity contribution in [3.05, 3.63) is 93.2 Å². The van der Waals surface area contributed by atoms with Crippen molar-refractivity contribution >= 4 is 41.2 Å². The van der Waals surface area contributed by atoms with Gasteiger partial charge in [-0.05, 0) is 89.8 Å². The van der Waals surface area contributed by atoms with Crippen molar-refractivity contribution in [3.8, 4) is 5.75 Å². The van der Waals surface area contributed by atoms with Gasteiger partial charge in [-0.25, -0.2) is 9.59 Å². The van der Waals surface area contributed by atoms with Gasteiger partial charge < -0.3 is 19.6 Å². The first-order chi connectivity index (χ1) is 23.9. The van der Waals surface area contributed by atoms with Gasteiger partial charge in [-0.1, -0.05) is 68.2 Å². The van der Waals surface area contributed by atoms with Gasteiger partial charge in [0.2, 0.25) is 0 Å². The maximum Gasteiger partial charge on any atom is 0.528 e. The average molecular weight is 739 g/mol. The molecule has 0 spiro atoms. The minimum atomic E-state index is -1.07. The van der Waals surface area contributed by atoms with Crippen LogP contribution < -0.4 is 10.1 Å². The number of ether oxygens (including phenoxy) is 2. The van der Waals surface area contributed by atoms with Crippen LogP contribution in [0.25, 0.3) is 0 Å². The van der Waals surface area contributed by atoms with Crippen molar-refractivity contribution in [2.45, 2.75) is 103 Å². The molecule has 2 amide bonds. The monoisotopic (exact) mass is 737 g/mol. The van der Waals surface area contributed by atoms with E-state index in [4.69, 9.17) is 47.5 Å². The summed E-state index contributed by atoms with van der Waals surface area (Å²) >= 11 is 12.8. The van der Waals surface area contributed by atoms with E-state index in [1.807, 2.05) is 75.4 Å². The van der Waals surface area contributed by atoms with Crippen molar-refractivity contribution in [1.29, 1.82) is 0 Å². The highest BCUT2D eigenvalue weighted by Crippen LogP contribution is 2.53. The van der Waals surface area contributed by atoms with Gasteiger partial charge in [-0.2, -0.15) is 0 Å². The number of piperidine rings is 1. The maximum atomic E-state index is 14.9. The Kier molecular flexibility index (Phi) is 11.0. The van der Waals surface area contributed by atoms with Crippen molar-refractivity contribution in [2.75, 3.05) is 19.7 Å². The molecule has 1 saturated heterocycles. The third kappa shape index (κ3) is 8.13. The van der Waals surface area contributed by atoms with Crippen LogP contribution in [0.2, 0.25) is 10.0 Å². The highest BCUT2D eigenvalue weighted by Gasteiger charge is 2.60. The Bertz CT molecular complexity index is 1760. The standard InChI is InChI=1S/C39H49Cl2N5O5/c1-10-49-31-23-32(36(2,3)4)42-24-30(31)33-44-38(8,25-11-15-27(40)16-12-25)39(9,26-13-17-28(41)18-14-26)46(33)34(47)43-29-19-21-45(22-20-29)51-35(48)50-37(5,6)7/h11-18,23-24,29H,10,19-22H2,1-9H3,(H,43,47)/t38-,39+/m0/s1. The molecule has 0 bridgehead atoms. The number of urea groups is 1. The lowest BCUT2D eigenvalue weighted by Crippen LogP contribution is -2.59. The zero-order chi connectivity index (χ0) is 37.4. The van der Waals surface area contributed by atoms with Crippen LogP contribution in [-0.2, 0) is 26.1 Å². The van der Waals surface area contributed by atoms with Gasteiger partial charge >= 0.3 is 12.2 Å². The molecule has 2 aliphatic heterocycles. The average Bonchev–Trinajstić information content (AvgIpc) is 3.29. The molecule has 1 fully saturated rings. The molecule has 0 aliphatic carbocycles. The van der Waals surface area contributed by atoms with Crippen molar-refractivity contribution in [1.82, 2.24) is 20.3 Å². The van der Waals surface area contributed by atoms with Gasteiger partial charge in [0.05, 0.1) is 12.2 Å². The highest BCUT2D eigenvalue weighted by atomic mass is 35.5. The number of carbonyl (C=O) groups excluding carboxylic acids is 2. The highest BCUT2D eigenvalue weighted by molar-refractivity contribution is 6.30. The van der Waals surface area contributed by atoms with E-state index < -0.39 is 22.8 Å². The Hall–Kier alpha value is -3.86. The van der Waals surface area contributed by atoms with E-state index in [-0.39, 0.29) is 17.5 Å².